The molecular formula is C5H6N2O3. The van der Waals surface area contributed by atoms with Crippen molar-refractivity contribution in [1.82, 2.24) is 4.98 Å². The molecule has 5 nitrogen and oxygen atoms in total. The van der Waals surface area contributed by atoms with Crippen molar-refractivity contribution < 1.29 is 9.34 Å². The number of oxazole rings is 1. The molecule has 10 heavy (non-hydrogen) atoms. The van der Waals surface area contributed by atoms with Crippen molar-refractivity contribution in [2.24, 2.45) is 0 Å². The maximum Gasteiger partial charge on any atom is 0.211 e. The normalized spacial score (nSPS) is 9.60. The van der Waals surface area contributed by atoms with Gasteiger partial charge in [-0.2, -0.15) is 0 Å². The molecule has 0 bridgehead atoms. The minimum absolute atomic E-state index is 0.102. The van der Waals surface area contributed by atoms with Gasteiger partial charge in [0.15, 0.2) is 6.39 Å². The van der Waals surface area contributed by atoms with Crippen LogP contribution in [0, 0.1) is 10.1 Å². The van der Waals surface area contributed by atoms with E-state index in [0.29, 0.717) is 12.2 Å². The average Bonchev–Trinajstić information content (AvgIpc) is 2.34. The third kappa shape index (κ3) is 1.85. The van der Waals surface area contributed by atoms with Crippen LogP contribution < -0.4 is 0 Å². The number of nitrogens with zero attached hydrogens (tertiary/aromatic N) is 2. The lowest BCUT2D eigenvalue weighted by molar-refractivity contribution is -0.479. The van der Waals surface area contributed by atoms with Crippen LogP contribution in [0.1, 0.15) is 5.76 Å². The van der Waals surface area contributed by atoms with Gasteiger partial charge in [0.2, 0.25) is 6.54 Å². The molecule has 0 amide bonds. The van der Waals surface area contributed by atoms with Crippen molar-refractivity contribution in [1.29, 1.82) is 0 Å². The van der Waals surface area contributed by atoms with Crippen molar-refractivity contribution in [3.05, 3.63) is 28.5 Å². The lowest BCUT2D eigenvalue weighted by Crippen LogP contribution is -2.02. The molecule has 0 radical (unpaired) electrons. The Balaban J connectivity index is 2.35. The van der Waals surface area contributed by atoms with Crippen molar-refractivity contribution in [3.8, 4) is 0 Å². The largest absolute Gasteiger partial charge is 0.448 e. The van der Waals surface area contributed by atoms with Crippen LogP contribution in [-0.4, -0.2) is 16.5 Å². The van der Waals surface area contributed by atoms with Gasteiger partial charge >= 0.3 is 0 Å². The summed E-state index contributed by atoms with van der Waals surface area (Å²) in [6, 6.07) is 0. The topological polar surface area (TPSA) is 69.2 Å². The third-order valence-corrected chi connectivity index (χ3v) is 1.02. The lowest BCUT2D eigenvalue weighted by atomic mass is 10.4. The second-order valence-corrected chi connectivity index (χ2v) is 1.77. The molecular weight excluding hydrogens is 136 g/mol. The number of nitro groups is 1. The van der Waals surface area contributed by atoms with Crippen LogP contribution in [-0.2, 0) is 6.42 Å². The van der Waals surface area contributed by atoms with Gasteiger partial charge in [-0.25, -0.2) is 4.98 Å². The number of aromatic nitrogens is 1. The van der Waals surface area contributed by atoms with Gasteiger partial charge in [0.25, 0.3) is 0 Å². The molecule has 54 valence electrons. The molecule has 1 rings (SSSR count). The van der Waals surface area contributed by atoms with E-state index in [4.69, 9.17) is 4.42 Å². The van der Waals surface area contributed by atoms with Gasteiger partial charge in [-0.05, 0) is 0 Å². The fraction of sp³-hybridized carbons (Fsp3) is 0.400. The predicted molar refractivity (Wildman–Crippen MR) is 32.1 cm³/mol. The molecule has 0 aliphatic heterocycles. The van der Waals surface area contributed by atoms with Gasteiger partial charge in [-0.1, -0.05) is 0 Å². The zero-order chi connectivity index (χ0) is 7.40. The average molecular weight is 142 g/mol. The summed E-state index contributed by atoms with van der Waals surface area (Å²) in [5.74, 6) is 0.553. The van der Waals surface area contributed by atoms with Gasteiger partial charge in [0.05, 0.1) is 12.6 Å². The molecule has 0 spiro atoms. The van der Waals surface area contributed by atoms with Gasteiger partial charge in [-0.15, -0.1) is 0 Å². The molecule has 1 aromatic heterocycles. The molecule has 0 unspecified atom stereocenters. The summed E-state index contributed by atoms with van der Waals surface area (Å²) in [5.41, 5.74) is 0. The molecule has 0 saturated carbocycles. The maximum absolute atomic E-state index is 9.84. The second kappa shape index (κ2) is 2.95. The molecule has 0 aromatic carbocycles. The first kappa shape index (κ1) is 6.73. The van der Waals surface area contributed by atoms with E-state index in [1.54, 1.807) is 0 Å². The van der Waals surface area contributed by atoms with E-state index >= 15 is 0 Å². The smallest absolute Gasteiger partial charge is 0.211 e. The van der Waals surface area contributed by atoms with Crippen LogP contribution in [0.4, 0.5) is 0 Å². The van der Waals surface area contributed by atoms with E-state index in [1.807, 2.05) is 0 Å². The van der Waals surface area contributed by atoms with Crippen LogP contribution in [0.25, 0.3) is 0 Å². The monoisotopic (exact) mass is 142 g/mol. The van der Waals surface area contributed by atoms with E-state index in [1.165, 1.54) is 12.6 Å². The minimum atomic E-state index is -0.386. The fourth-order valence-electron chi connectivity index (χ4n) is 0.567. The highest BCUT2D eigenvalue weighted by molar-refractivity contribution is 4.87. The standard InChI is InChI=1S/C5H6N2O3/c8-7(9)2-1-5-3-6-4-10-5/h3-4H,1-2H2. The van der Waals surface area contributed by atoms with Crippen LogP contribution >= 0.6 is 0 Å². The number of hydrogen-bond donors (Lipinski definition) is 0. The van der Waals surface area contributed by atoms with E-state index < -0.39 is 0 Å². The predicted octanol–water partition coefficient (Wildman–Crippen LogP) is 0.494. The maximum atomic E-state index is 9.84. The third-order valence-electron chi connectivity index (χ3n) is 1.02. The van der Waals surface area contributed by atoms with E-state index in [9.17, 15) is 10.1 Å². The summed E-state index contributed by atoms with van der Waals surface area (Å²) in [7, 11) is 0. The molecule has 0 aliphatic carbocycles. The van der Waals surface area contributed by atoms with Crippen LogP contribution in [0.3, 0.4) is 0 Å². The van der Waals surface area contributed by atoms with Crippen LogP contribution in [0.15, 0.2) is 17.0 Å². The Morgan fingerprint density at radius 2 is 2.60 bits per heavy atom. The number of hydrogen-bond acceptors (Lipinski definition) is 4. The molecule has 0 N–H and O–H groups in total. The van der Waals surface area contributed by atoms with E-state index in [-0.39, 0.29) is 11.5 Å². The SMILES string of the molecule is O=[N+]([O-])CCc1cnco1. The Hall–Kier alpha value is -1.39. The Kier molecular flexibility index (Phi) is 1.99. The Bertz CT molecular complexity index is 207. The van der Waals surface area contributed by atoms with Gasteiger partial charge in [0, 0.05) is 4.92 Å². The Morgan fingerprint density at radius 3 is 3.10 bits per heavy atom. The van der Waals surface area contributed by atoms with Gasteiger partial charge < -0.3 is 4.42 Å². The quantitative estimate of drug-likeness (QED) is 0.455. The number of rotatable bonds is 3. The van der Waals surface area contributed by atoms with Gasteiger partial charge in [-0.3, -0.25) is 10.1 Å². The van der Waals surface area contributed by atoms with Crippen molar-refractivity contribution in [2.75, 3.05) is 6.54 Å². The lowest BCUT2D eigenvalue weighted by Gasteiger charge is -1.87. The first-order valence-corrected chi connectivity index (χ1v) is 2.78. The van der Waals surface area contributed by atoms with Crippen molar-refractivity contribution in [2.45, 2.75) is 6.42 Å². The van der Waals surface area contributed by atoms with E-state index in [0.717, 1.165) is 0 Å². The van der Waals surface area contributed by atoms with Crippen LogP contribution in [0.2, 0.25) is 0 Å². The first-order valence-electron chi connectivity index (χ1n) is 2.78. The van der Waals surface area contributed by atoms with Crippen molar-refractivity contribution in [3.63, 3.8) is 0 Å². The summed E-state index contributed by atoms with van der Waals surface area (Å²) in [5, 5.41) is 9.84. The molecule has 0 aliphatic rings. The summed E-state index contributed by atoms with van der Waals surface area (Å²) in [6.45, 7) is -0.102. The Morgan fingerprint density at radius 1 is 1.80 bits per heavy atom. The zero-order valence-corrected chi connectivity index (χ0v) is 5.19. The Labute approximate surface area is 56.8 Å². The molecule has 0 saturated heterocycles. The second-order valence-electron chi connectivity index (χ2n) is 1.77. The summed E-state index contributed by atoms with van der Waals surface area (Å²) in [6.07, 6.45) is 3.05. The highest BCUT2D eigenvalue weighted by Crippen LogP contribution is 1.96. The molecule has 5 heteroatoms. The molecule has 0 fully saturated rings. The zero-order valence-electron chi connectivity index (χ0n) is 5.19. The molecule has 1 heterocycles. The highest BCUT2D eigenvalue weighted by atomic mass is 16.6. The van der Waals surface area contributed by atoms with E-state index in [2.05, 4.69) is 4.98 Å². The summed E-state index contributed by atoms with van der Waals surface area (Å²) >= 11 is 0. The summed E-state index contributed by atoms with van der Waals surface area (Å²) in [4.78, 5) is 13.1. The van der Waals surface area contributed by atoms with Crippen LogP contribution in [0.5, 0.6) is 0 Å². The fourth-order valence-corrected chi connectivity index (χ4v) is 0.567. The minimum Gasteiger partial charge on any atom is -0.448 e. The summed E-state index contributed by atoms with van der Waals surface area (Å²) < 4.78 is 4.77. The first-order chi connectivity index (χ1) is 4.79. The highest BCUT2D eigenvalue weighted by Gasteiger charge is 2.01. The molecule has 1 aromatic rings. The molecule has 0 atom stereocenters. The van der Waals surface area contributed by atoms with Gasteiger partial charge in [0.1, 0.15) is 5.76 Å². The van der Waals surface area contributed by atoms with Crippen molar-refractivity contribution >= 4 is 0 Å².